The smallest absolute Gasteiger partial charge is 0.341 e. The molecule has 1 aromatic rings. The number of rotatable bonds is 5. The summed E-state index contributed by atoms with van der Waals surface area (Å²) in [4.78, 5) is 25.2. The van der Waals surface area contributed by atoms with Gasteiger partial charge in [-0.2, -0.15) is 0 Å². The first kappa shape index (κ1) is 15.8. The third-order valence-electron chi connectivity index (χ3n) is 3.68. The topological polar surface area (TPSA) is 55.4 Å². The summed E-state index contributed by atoms with van der Waals surface area (Å²) in [5, 5.41) is 3.49. The maximum absolute atomic E-state index is 12.1. The second-order valence-corrected chi connectivity index (χ2v) is 6.45. The van der Waals surface area contributed by atoms with Gasteiger partial charge in [-0.3, -0.25) is 4.79 Å². The summed E-state index contributed by atoms with van der Waals surface area (Å²) in [5.41, 5.74) is 1.38. The van der Waals surface area contributed by atoms with E-state index in [2.05, 4.69) is 17.5 Å². The highest BCUT2D eigenvalue weighted by atomic mass is 32.1. The Bertz CT molecular complexity index is 574. The van der Waals surface area contributed by atoms with Crippen LogP contribution in [0.15, 0.2) is 12.2 Å². The molecular weight excluding hydrogens is 286 g/mol. The molecule has 0 radical (unpaired) electrons. The van der Waals surface area contributed by atoms with Crippen LogP contribution in [0.5, 0.6) is 0 Å². The lowest BCUT2D eigenvalue weighted by atomic mass is 10.1. The average Bonchev–Trinajstić information content (AvgIpc) is 2.99. The third-order valence-corrected chi connectivity index (χ3v) is 4.80. The van der Waals surface area contributed by atoms with Crippen LogP contribution in [0.25, 0.3) is 0 Å². The molecule has 1 aliphatic rings. The number of aryl methyl sites for hydroxylation is 1. The zero-order valence-corrected chi connectivity index (χ0v) is 13.5. The van der Waals surface area contributed by atoms with Crippen LogP contribution in [-0.2, 0) is 9.53 Å². The average molecular weight is 307 g/mol. The quantitative estimate of drug-likeness (QED) is 0.664. The number of carbonyl (C=O) groups is 2. The predicted molar refractivity (Wildman–Crippen MR) is 84.9 cm³/mol. The number of ether oxygens (including phenoxy) is 1. The summed E-state index contributed by atoms with van der Waals surface area (Å²) in [7, 11) is 0. The summed E-state index contributed by atoms with van der Waals surface area (Å²) in [5.74, 6) is -0.0908. The van der Waals surface area contributed by atoms with Crippen LogP contribution >= 0.6 is 11.3 Å². The van der Waals surface area contributed by atoms with Gasteiger partial charge in [0.2, 0.25) is 5.91 Å². The number of nitrogens with one attached hydrogen (secondary N) is 1. The highest BCUT2D eigenvalue weighted by Gasteiger charge is 2.23. The molecule has 4 nitrogen and oxygen atoms in total. The fraction of sp³-hybridized carbons (Fsp3) is 0.500. The van der Waals surface area contributed by atoms with Gasteiger partial charge in [0, 0.05) is 11.3 Å². The third kappa shape index (κ3) is 3.73. The van der Waals surface area contributed by atoms with Crippen LogP contribution in [0.1, 0.15) is 47.0 Å². The minimum absolute atomic E-state index is 0.0432. The summed E-state index contributed by atoms with van der Waals surface area (Å²) in [6.07, 6.45) is 6.75. The monoisotopic (exact) mass is 307 g/mol. The van der Waals surface area contributed by atoms with Crippen molar-refractivity contribution in [3.8, 4) is 0 Å². The zero-order valence-electron chi connectivity index (χ0n) is 12.7. The summed E-state index contributed by atoms with van der Waals surface area (Å²) in [6.45, 7) is 5.93. The van der Waals surface area contributed by atoms with E-state index >= 15 is 0 Å². The van der Waals surface area contributed by atoms with Gasteiger partial charge in [0.05, 0.1) is 12.2 Å². The second-order valence-electron chi connectivity index (χ2n) is 5.23. The lowest BCUT2D eigenvalue weighted by molar-refractivity contribution is -0.116. The van der Waals surface area contributed by atoms with Gasteiger partial charge < -0.3 is 10.1 Å². The Morgan fingerprint density at radius 3 is 2.81 bits per heavy atom. The van der Waals surface area contributed by atoms with Gasteiger partial charge in [0.25, 0.3) is 0 Å². The van der Waals surface area contributed by atoms with Gasteiger partial charge in [-0.1, -0.05) is 12.2 Å². The van der Waals surface area contributed by atoms with Crippen molar-refractivity contribution in [3.63, 3.8) is 0 Å². The van der Waals surface area contributed by atoms with Crippen LogP contribution in [0.3, 0.4) is 0 Å². The lowest BCUT2D eigenvalue weighted by Crippen LogP contribution is -2.16. The van der Waals surface area contributed by atoms with Crippen LogP contribution < -0.4 is 5.32 Å². The molecule has 0 aromatic carbocycles. The SMILES string of the molecule is CCOC(=O)c1c(NC(=O)CC2C=CCC2)sc(C)c1C. The van der Waals surface area contributed by atoms with Crippen molar-refractivity contribution < 1.29 is 14.3 Å². The van der Waals surface area contributed by atoms with Crippen molar-refractivity contribution in [2.75, 3.05) is 11.9 Å². The van der Waals surface area contributed by atoms with E-state index < -0.39 is 0 Å². The molecule has 0 saturated heterocycles. The van der Waals surface area contributed by atoms with E-state index in [9.17, 15) is 9.59 Å². The minimum atomic E-state index is -0.365. The summed E-state index contributed by atoms with van der Waals surface area (Å²) in [6, 6.07) is 0. The molecule has 1 atom stereocenters. The molecule has 0 saturated carbocycles. The van der Waals surface area contributed by atoms with Crippen molar-refractivity contribution in [2.24, 2.45) is 5.92 Å². The van der Waals surface area contributed by atoms with Gasteiger partial charge in [0.1, 0.15) is 5.00 Å². The number of anilines is 1. The molecule has 2 rings (SSSR count). The Hall–Kier alpha value is -1.62. The highest BCUT2D eigenvalue weighted by molar-refractivity contribution is 7.16. The molecule has 1 unspecified atom stereocenters. The number of amides is 1. The molecule has 0 aliphatic heterocycles. The number of hydrogen-bond acceptors (Lipinski definition) is 4. The first-order chi connectivity index (χ1) is 10.0. The Kier molecular flexibility index (Phi) is 5.17. The Labute approximate surface area is 129 Å². The van der Waals surface area contributed by atoms with E-state index in [4.69, 9.17) is 4.74 Å². The Morgan fingerprint density at radius 2 is 2.19 bits per heavy atom. The first-order valence-electron chi connectivity index (χ1n) is 7.26. The van der Waals surface area contributed by atoms with Crippen LogP contribution in [0, 0.1) is 19.8 Å². The van der Waals surface area contributed by atoms with E-state index in [1.165, 1.54) is 11.3 Å². The van der Waals surface area contributed by atoms with Gasteiger partial charge in [-0.05, 0) is 45.1 Å². The lowest BCUT2D eigenvalue weighted by Gasteiger charge is -2.09. The fourth-order valence-corrected chi connectivity index (χ4v) is 3.51. The molecule has 1 heterocycles. The number of carbonyl (C=O) groups excluding carboxylic acids is 2. The van der Waals surface area contributed by atoms with E-state index in [-0.39, 0.29) is 11.9 Å². The first-order valence-corrected chi connectivity index (χ1v) is 8.08. The number of esters is 1. The Balaban J connectivity index is 2.11. The molecule has 21 heavy (non-hydrogen) atoms. The summed E-state index contributed by atoms with van der Waals surface area (Å²) >= 11 is 1.43. The molecule has 0 spiro atoms. The van der Waals surface area contributed by atoms with Crippen LogP contribution in [-0.4, -0.2) is 18.5 Å². The fourth-order valence-electron chi connectivity index (χ4n) is 2.45. The minimum Gasteiger partial charge on any atom is -0.462 e. The largest absolute Gasteiger partial charge is 0.462 e. The van der Waals surface area contributed by atoms with Crippen molar-refractivity contribution >= 4 is 28.2 Å². The van der Waals surface area contributed by atoms with Gasteiger partial charge in [-0.15, -0.1) is 11.3 Å². The number of thiophene rings is 1. The molecule has 1 amide bonds. The van der Waals surface area contributed by atoms with Crippen LogP contribution in [0.4, 0.5) is 5.00 Å². The number of allylic oxidation sites excluding steroid dienone is 2. The molecule has 0 fully saturated rings. The van der Waals surface area contributed by atoms with Crippen molar-refractivity contribution in [3.05, 3.63) is 28.2 Å². The van der Waals surface area contributed by atoms with E-state index in [1.807, 2.05) is 13.8 Å². The molecule has 1 aromatic heterocycles. The predicted octanol–water partition coefficient (Wildman–Crippen LogP) is 3.84. The summed E-state index contributed by atoms with van der Waals surface area (Å²) < 4.78 is 5.08. The molecule has 5 heteroatoms. The van der Waals surface area contributed by atoms with E-state index in [1.54, 1.807) is 6.92 Å². The maximum Gasteiger partial charge on any atom is 0.341 e. The normalized spacial score (nSPS) is 17.0. The van der Waals surface area contributed by atoms with E-state index in [0.717, 1.165) is 23.3 Å². The van der Waals surface area contributed by atoms with Gasteiger partial charge in [0.15, 0.2) is 0 Å². The van der Waals surface area contributed by atoms with E-state index in [0.29, 0.717) is 29.5 Å². The zero-order chi connectivity index (χ0) is 15.4. The molecule has 1 aliphatic carbocycles. The highest BCUT2D eigenvalue weighted by Crippen LogP contribution is 2.33. The molecule has 1 N–H and O–H groups in total. The maximum atomic E-state index is 12.1. The Morgan fingerprint density at radius 1 is 1.43 bits per heavy atom. The standard InChI is InChI=1S/C16H21NO3S/c1-4-20-16(19)14-10(2)11(3)21-15(14)17-13(18)9-12-7-5-6-8-12/h5,7,12H,4,6,8-9H2,1-3H3,(H,17,18). The molecule has 0 bridgehead atoms. The van der Waals surface area contributed by atoms with Crippen molar-refractivity contribution in [1.82, 2.24) is 0 Å². The van der Waals surface area contributed by atoms with Gasteiger partial charge in [-0.25, -0.2) is 4.79 Å². The second kappa shape index (κ2) is 6.89. The van der Waals surface area contributed by atoms with Crippen molar-refractivity contribution in [1.29, 1.82) is 0 Å². The van der Waals surface area contributed by atoms with Crippen LogP contribution in [0.2, 0.25) is 0 Å². The van der Waals surface area contributed by atoms with Gasteiger partial charge >= 0.3 is 5.97 Å². The van der Waals surface area contributed by atoms with Crippen molar-refractivity contribution in [2.45, 2.75) is 40.0 Å². The molecular formula is C16H21NO3S. The molecule has 114 valence electrons. The number of hydrogen-bond donors (Lipinski definition) is 1.